The van der Waals surface area contributed by atoms with E-state index < -0.39 is 0 Å². The predicted octanol–water partition coefficient (Wildman–Crippen LogP) is 1.87. The number of hydrogen-bond donors (Lipinski definition) is 2. The van der Waals surface area contributed by atoms with Crippen molar-refractivity contribution in [3.63, 3.8) is 0 Å². The molecular weight excluding hydrogens is 172 g/mol. The lowest BCUT2D eigenvalue weighted by Gasteiger charge is -2.12. The summed E-state index contributed by atoms with van der Waals surface area (Å²) in [4.78, 5) is 0. The molecule has 2 heteroatoms. The highest BCUT2D eigenvalue weighted by Crippen LogP contribution is 2.35. The molecular formula is C12H26N2. The third kappa shape index (κ3) is 5.61. The van der Waals surface area contributed by atoms with Crippen LogP contribution in [0.4, 0.5) is 0 Å². The van der Waals surface area contributed by atoms with Crippen molar-refractivity contribution in [2.45, 2.75) is 33.6 Å². The molecule has 84 valence electrons. The molecule has 0 radical (unpaired) electrons. The summed E-state index contributed by atoms with van der Waals surface area (Å²) in [7, 11) is 0. The van der Waals surface area contributed by atoms with Gasteiger partial charge in [-0.1, -0.05) is 20.8 Å². The fourth-order valence-electron chi connectivity index (χ4n) is 1.73. The first-order chi connectivity index (χ1) is 6.70. The minimum Gasteiger partial charge on any atom is -0.315 e. The standard InChI is InChI=1S/C12H26N2/c1-10(2)8-13-6-7-14-9-11(3)12-4-5-12/h10-14H,4-9H2,1-3H3. The lowest BCUT2D eigenvalue weighted by atomic mass is 10.1. The van der Waals surface area contributed by atoms with E-state index in [1.54, 1.807) is 0 Å². The second-order valence-corrected chi connectivity index (χ2v) is 5.12. The summed E-state index contributed by atoms with van der Waals surface area (Å²) in [5, 5.41) is 6.96. The van der Waals surface area contributed by atoms with E-state index in [0.29, 0.717) is 0 Å². The topological polar surface area (TPSA) is 24.1 Å². The molecule has 1 atom stereocenters. The Morgan fingerprint density at radius 3 is 2.07 bits per heavy atom. The minimum absolute atomic E-state index is 0.764. The second kappa shape index (κ2) is 6.41. The third-order valence-electron chi connectivity index (χ3n) is 2.92. The normalized spacial score (nSPS) is 18.9. The van der Waals surface area contributed by atoms with Gasteiger partial charge in [-0.3, -0.25) is 0 Å². The molecule has 0 bridgehead atoms. The Morgan fingerprint density at radius 1 is 1.00 bits per heavy atom. The molecule has 0 aliphatic heterocycles. The van der Waals surface area contributed by atoms with Crippen LogP contribution in [0, 0.1) is 17.8 Å². The van der Waals surface area contributed by atoms with Gasteiger partial charge < -0.3 is 10.6 Å². The minimum atomic E-state index is 0.764. The quantitative estimate of drug-likeness (QED) is 0.582. The monoisotopic (exact) mass is 198 g/mol. The molecule has 0 heterocycles. The summed E-state index contributed by atoms with van der Waals surface area (Å²) < 4.78 is 0. The first-order valence-corrected chi connectivity index (χ1v) is 6.11. The molecule has 0 amide bonds. The van der Waals surface area contributed by atoms with Gasteiger partial charge in [0.05, 0.1) is 0 Å². The van der Waals surface area contributed by atoms with E-state index in [0.717, 1.165) is 37.4 Å². The molecule has 1 aliphatic rings. The van der Waals surface area contributed by atoms with E-state index in [4.69, 9.17) is 0 Å². The van der Waals surface area contributed by atoms with Gasteiger partial charge in [0.15, 0.2) is 0 Å². The van der Waals surface area contributed by atoms with Gasteiger partial charge in [-0.25, -0.2) is 0 Å². The largest absolute Gasteiger partial charge is 0.315 e. The van der Waals surface area contributed by atoms with Crippen molar-refractivity contribution in [3.8, 4) is 0 Å². The maximum absolute atomic E-state index is 3.52. The van der Waals surface area contributed by atoms with Crippen molar-refractivity contribution in [1.82, 2.24) is 10.6 Å². The van der Waals surface area contributed by atoms with E-state index in [-0.39, 0.29) is 0 Å². The Morgan fingerprint density at radius 2 is 1.57 bits per heavy atom. The number of hydrogen-bond acceptors (Lipinski definition) is 2. The third-order valence-corrected chi connectivity index (χ3v) is 2.92. The zero-order valence-electron chi connectivity index (χ0n) is 9.97. The van der Waals surface area contributed by atoms with Crippen LogP contribution in [0.5, 0.6) is 0 Å². The summed E-state index contributed by atoms with van der Waals surface area (Å²) in [6.45, 7) is 11.4. The highest BCUT2D eigenvalue weighted by atomic mass is 14.9. The Kier molecular flexibility index (Phi) is 5.49. The molecule has 14 heavy (non-hydrogen) atoms. The zero-order chi connectivity index (χ0) is 10.4. The molecule has 1 unspecified atom stereocenters. The highest BCUT2D eigenvalue weighted by Gasteiger charge is 2.27. The molecule has 1 saturated carbocycles. The maximum Gasteiger partial charge on any atom is 0.00768 e. The molecule has 0 aromatic rings. The van der Waals surface area contributed by atoms with Crippen LogP contribution >= 0.6 is 0 Å². The molecule has 1 rings (SSSR count). The van der Waals surface area contributed by atoms with E-state index in [1.807, 2.05) is 0 Å². The molecule has 0 aromatic carbocycles. The lowest BCUT2D eigenvalue weighted by molar-refractivity contribution is 0.453. The molecule has 1 aliphatic carbocycles. The summed E-state index contributed by atoms with van der Waals surface area (Å²) in [6.07, 6.45) is 2.93. The fraction of sp³-hybridized carbons (Fsp3) is 1.00. The van der Waals surface area contributed by atoms with Crippen molar-refractivity contribution in [1.29, 1.82) is 0 Å². The van der Waals surface area contributed by atoms with Crippen molar-refractivity contribution >= 4 is 0 Å². The van der Waals surface area contributed by atoms with E-state index in [2.05, 4.69) is 31.4 Å². The smallest absolute Gasteiger partial charge is 0.00768 e. The van der Waals surface area contributed by atoms with Crippen molar-refractivity contribution in [2.75, 3.05) is 26.2 Å². The van der Waals surface area contributed by atoms with Crippen molar-refractivity contribution in [2.24, 2.45) is 17.8 Å². The van der Waals surface area contributed by atoms with Crippen LogP contribution in [-0.2, 0) is 0 Å². The summed E-state index contributed by atoms with van der Waals surface area (Å²) in [6, 6.07) is 0. The molecule has 0 spiro atoms. The summed E-state index contributed by atoms with van der Waals surface area (Å²) >= 11 is 0. The zero-order valence-corrected chi connectivity index (χ0v) is 9.97. The van der Waals surface area contributed by atoms with Gasteiger partial charge in [-0.05, 0) is 43.7 Å². The van der Waals surface area contributed by atoms with Crippen LogP contribution in [0.25, 0.3) is 0 Å². The van der Waals surface area contributed by atoms with E-state index in [1.165, 1.54) is 19.4 Å². The van der Waals surface area contributed by atoms with Crippen LogP contribution in [0.15, 0.2) is 0 Å². The Hall–Kier alpha value is -0.0800. The lowest BCUT2D eigenvalue weighted by Crippen LogP contribution is -2.32. The SMILES string of the molecule is CC(C)CNCCNCC(C)C1CC1. The van der Waals surface area contributed by atoms with Gasteiger partial charge in [0, 0.05) is 13.1 Å². The maximum atomic E-state index is 3.52. The van der Waals surface area contributed by atoms with Crippen LogP contribution in [0.3, 0.4) is 0 Å². The Labute approximate surface area is 88.8 Å². The van der Waals surface area contributed by atoms with Crippen molar-refractivity contribution in [3.05, 3.63) is 0 Å². The first-order valence-electron chi connectivity index (χ1n) is 6.11. The molecule has 0 aromatic heterocycles. The molecule has 2 nitrogen and oxygen atoms in total. The summed E-state index contributed by atoms with van der Waals surface area (Å²) in [5.41, 5.74) is 0. The van der Waals surface area contributed by atoms with Gasteiger partial charge in [0.1, 0.15) is 0 Å². The fourth-order valence-corrected chi connectivity index (χ4v) is 1.73. The average Bonchev–Trinajstić information content (AvgIpc) is 2.92. The van der Waals surface area contributed by atoms with Crippen LogP contribution in [0.2, 0.25) is 0 Å². The van der Waals surface area contributed by atoms with E-state index in [9.17, 15) is 0 Å². The van der Waals surface area contributed by atoms with Crippen LogP contribution in [0.1, 0.15) is 33.6 Å². The summed E-state index contributed by atoms with van der Waals surface area (Å²) in [5.74, 6) is 2.69. The highest BCUT2D eigenvalue weighted by molar-refractivity contribution is 4.79. The predicted molar refractivity (Wildman–Crippen MR) is 62.5 cm³/mol. The van der Waals surface area contributed by atoms with Gasteiger partial charge in [0.25, 0.3) is 0 Å². The van der Waals surface area contributed by atoms with Crippen LogP contribution < -0.4 is 10.6 Å². The second-order valence-electron chi connectivity index (χ2n) is 5.12. The Bertz CT molecular complexity index is 141. The van der Waals surface area contributed by atoms with Gasteiger partial charge in [-0.2, -0.15) is 0 Å². The molecule has 0 saturated heterocycles. The molecule has 2 N–H and O–H groups in total. The molecule has 1 fully saturated rings. The number of nitrogens with one attached hydrogen (secondary N) is 2. The van der Waals surface area contributed by atoms with Crippen LogP contribution in [-0.4, -0.2) is 26.2 Å². The number of rotatable bonds is 8. The van der Waals surface area contributed by atoms with Gasteiger partial charge in [0.2, 0.25) is 0 Å². The first kappa shape index (κ1) is 12.0. The Balaban J connectivity index is 1.79. The van der Waals surface area contributed by atoms with Crippen molar-refractivity contribution < 1.29 is 0 Å². The van der Waals surface area contributed by atoms with E-state index >= 15 is 0 Å². The van der Waals surface area contributed by atoms with Gasteiger partial charge >= 0.3 is 0 Å². The van der Waals surface area contributed by atoms with Gasteiger partial charge in [-0.15, -0.1) is 0 Å². The average molecular weight is 198 g/mol.